The number of nitrogens with zero attached hydrogens (tertiary/aromatic N) is 1. The van der Waals surface area contributed by atoms with Gasteiger partial charge in [-0.3, -0.25) is 14.4 Å². The number of hydrogen-bond donors (Lipinski definition) is 1. The third-order valence-electron chi connectivity index (χ3n) is 4.89. The Hall–Kier alpha value is -2.99. The second-order valence-electron chi connectivity index (χ2n) is 7.56. The summed E-state index contributed by atoms with van der Waals surface area (Å²) in [5, 5.41) is 7.05. The van der Waals surface area contributed by atoms with E-state index in [-0.39, 0.29) is 6.42 Å². The van der Waals surface area contributed by atoms with Crippen molar-refractivity contribution in [3.05, 3.63) is 64.2 Å². The second kappa shape index (κ2) is 8.17. The van der Waals surface area contributed by atoms with Gasteiger partial charge in [-0.2, -0.15) is 0 Å². The van der Waals surface area contributed by atoms with Crippen LogP contribution in [0.25, 0.3) is 0 Å². The van der Waals surface area contributed by atoms with Gasteiger partial charge in [0.05, 0.1) is 5.71 Å². The summed E-state index contributed by atoms with van der Waals surface area (Å²) in [5.41, 5.74) is 2.59. The number of halogens is 1. The lowest BCUT2D eigenvalue weighted by Gasteiger charge is -2.25. The van der Waals surface area contributed by atoms with Crippen molar-refractivity contribution in [2.75, 3.05) is 5.32 Å². The van der Waals surface area contributed by atoms with E-state index in [9.17, 15) is 14.4 Å². The Morgan fingerprint density at radius 1 is 1.24 bits per heavy atom. The van der Waals surface area contributed by atoms with Crippen LogP contribution in [0.2, 0.25) is 5.02 Å². The van der Waals surface area contributed by atoms with Crippen LogP contribution in [-0.2, 0) is 24.6 Å². The van der Waals surface area contributed by atoms with Crippen LogP contribution in [0.3, 0.4) is 0 Å². The normalized spacial score (nSPS) is 15.6. The van der Waals surface area contributed by atoms with Crippen molar-refractivity contribution in [1.82, 2.24) is 0 Å². The molecule has 0 aliphatic carbocycles. The molecule has 1 atom stereocenters. The zero-order valence-corrected chi connectivity index (χ0v) is 17.1. The number of rotatable bonds is 6. The number of aldehydes is 1. The molecule has 1 N–H and O–H groups in total. The molecule has 2 aromatic rings. The van der Waals surface area contributed by atoms with Gasteiger partial charge in [-0.05, 0) is 36.1 Å². The van der Waals surface area contributed by atoms with E-state index in [4.69, 9.17) is 16.4 Å². The molecule has 1 aliphatic heterocycles. The molecule has 6 nitrogen and oxygen atoms in total. The quantitative estimate of drug-likeness (QED) is 0.569. The molecular formula is C22H21ClN2O4. The van der Waals surface area contributed by atoms with Gasteiger partial charge < -0.3 is 10.2 Å². The second-order valence-corrected chi connectivity index (χ2v) is 7.97. The van der Waals surface area contributed by atoms with Crippen LogP contribution < -0.4 is 5.32 Å². The Kier molecular flexibility index (Phi) is 5.84. The number of carbonyl (C=O) groups excluding carboxylic acids is 3. The number of oxime groups is 1. The topological polar surface area (TPSA) is 84.8 Å². The summed E-state index contributed by atoms with van der Waals surface area (Å²) in [6, 6.07) is 12.3. The van der Waals surface area contributed by atoms with Crippen molar-refractivity contribution in [3.8, 4) is 0 Å². The van der Waals surface area contributed by atoms with Crippen LogP contribution in [0.15, 0.2) is 47.6 Å². The Morgan fingerprint density at radius 3 is 2.66 bits per heavy atom. The summed E-state index contributed by atoms with van der Waals surface area (Å²) in [4.78, 5) is 41.3. The lowest BCUT2D eigenvalue weighted by Crippen LogP contribution is -2.30. The molecule has 29 heavy (non-hydrogen) atoms. The zero-order chi connectivity index (χ0) is 21.2. The number of carbonyl (C=O) groups is 3. The molecular weight excluding hydrogens is 392 g/mol. The molecule has 0 aromatic heterocycles. The first kappa shape index (κ1) is 20.7. The molecule has 0 saturated carbocycles. The van der Waals surface area contributed by atoms with Crippen LogP contribution in [0.4, 0.5) is 5.69 Å². The minimum absolute atomic E-state index is 0.00898. The fraction of sp³-hybridized carbons (Fsp3) is 0.273. The molecule has 150 valence electrons. The smallest absolute Gasteiger partial charge is 0.291 e. The maximum atomic E-state index is 12.6. The molecule has 0 bridgehead atoms. The fourth-order valence-electron chi connectivity index (χ4n) is 3.32. The minimum Gasteiger partial charge on any atom is -0.380 e. The zero-order valence-electron chi connectivity index (χ0n) is 16.4. The van der Waals surface area contributed by atoms with E-state index in [0.29, 0.717) is 33.8 Å². The highest BCUT2D eigenvalue weighted by molar-refractivity contribution is 6.41. The predicted molar refractivity (Wildman–Crippen MR) is 111 cm³/mol. The fourth-order valence-corrected chi connectivity index (χ4v) is 3.71. The maximum Gasteiger partial charge on any atom is 0.291 e. The summed E-state index contributed by atoms with van der Waals surface area (Å²) in [7, 11) is 0. The van der Waals surface area contributed by atoms with Gasteiger partial charge in [0.2, 0.25) is 11.9 Å². The Labute approximate surface area is 173 Å². The van der Waals surface area contributed by atoms with E-state index in [0.717, 1.165) is 5.56 Å². The molecule has 0 spiro atoms. The molecule has 0 radical (unpaired) electrons. The number of benzene rings is 2. The highest BCUT2D eigenvalue weighted by Gasteiger charge is 2.30. The van der Waals surface area contributed by atoms with Crippen LogP contribution >= 0.6 is 11.6 Å². The number of hydrogen-bond acceptors (Lipinski definition) is 5. The van der Waals surface area contributed by atoms with Crippen LogP contribution in [-0.4, -0.2) is 23.7 Å². The van der Waals surface area contributed by atoms with E-state index in [1.807, 2.05) is 32.0 Å². The largest absolute Gasteiger partial charge is 0.380 e. The minimum atomic E-state index is -0.781. The van der Waals surface area contributed by atoms with Crippen molar-refractivity contribution in [2.24, 2.45) is 5.16 Å². The van der Waals surface area contributed by atoms with Gasteiger partial charge >= 0.3 is 0 Å². The van der Waals surface area contributed by atoms with Crippen molar-refractivity contribution < 1.29 is 19.2 Å². The molecule has 7 heteroatoms. The van der Waals surface area contributed by atoms with Gasteiger partial charge in [0.1, 0.15) is 0 Å². The molecule has 1 amide bonds. The molecule has 0 fully saturated rings. The Morgan fingerprint density at radius 2 is 1.97 bits per heavy atom. The molecule has 1 aliphatic rings. The first-order valence-corrected chi connectivity index (χ1v) is 9.50. The Bertz CT molecular complexity index is 1010. The molecule has 0 saturated heterocycles. The average molecular weight is 413 g/mol. The van der Waals surface area contributed by atoms with Gasteiger partial charge in [0.25, 0.3) is 5.91 Å². The monoisotopic (exact) mass is 412 g/mol. The van der Waals surface area contributed by atoms with Gasteiger partial charge in [0.15, 0.2) is 6.29 Å². The van der Waals surface area contributed by atoms with Crippen molar-refractivity contribution >= 4 is 41.0 Å². The highest BCUT2D eigenvalue weighted by atomic mass is 35.5. The summed E-state index contributed by atoms with van der Waals surface area (Å²) >= 11 is 6.25. The van der Waals surface area contributed by atoms with E-state index >= 15 is 0 Å². The van der Waals surface area contributed by atoms with Gasteiger partial charge in [-0.1, -0.05) is 54.9 Å². The van der Waals surface area contributed by atoms with E-state index < -0.39 is 23.2 Å². The van der Waals surface area contributed by atoms with Crippen molar-refractivity contribution in [2.45, 2.75) is 38.7 Å². The van der Waals surface area contributed by atoms with Gasteiger partial charge in [-0.25, -0.2) is 0 Å². The average Bonchev–Trinajstić information content (AvgIpc) is 2.68. The van der Waals surface area contributed by atoms with Crippen LogP contribution in [0.5, 0.6) is 0 Å². The summed E-state index contributed by atoms with van der Waals surface area (Å²) in [6.07, 6.45) is -0.112. The van der Waals surface area contributed by atoms with Crippen LogP contribution in [0.1, 0.15) is 50.0 Å². The number of anilines is 1. The third kappa shape index (κ3) is 4.38. The predicted octanol–water partition coefficient (Wildman–Crippen LogP) is 4.21. The lowest BCUT2D eigenvalue weighted by atomic mass is 9.80. The third-order valence-corrected chi connectivity index (χ3v) is 5.22. The highest BCUT2D eigenvalue weighted by Crippen LogP contribution is 2.33. The van der Waals surface area contributed by atoms with Crippen LogP contribution in [0, 0.1) is 0 Å². The van der Waals surface area contributed by atoms with Crippen molar-refractivity contribution in [3.63, 3.8) is 0 Å². The van der Waals surface area contributed by atoms with Crippen molar-refractivity contribution in [1.29, 1.82) is 0 Å². The molecule has 2 aromatic carbocycles. The van der Waals surface area contributed by atoms with Gasteiger partial charge in [-0.15, -0.1) is 0 Å². The summed E-state index contributed by atoms with van der Waals surface area (Å²) < 4.78 is 0. The standard InChI is InChI=1S/C22H21ClN2O4/c1-13-16-10-14(8-9-15(16)20(12-26)29-25-13)24-21(28)19(27)11-22(2,3)17-6-4-5-7-18(17)23/h4-10,12,20H,11H2,1-3H3,(H,24,28). The van der Waals surface area contributed by atoms with E-state index in [1.165, 1.54) is 0 Å². The summed E-state index contributed by atoms with van der Waals surface area (Å²) in [6.45, 7) is 5.48. The first-order valence-electron chi connectivity index (χ1n) is 9.12. The van der Waals surface area contributed by atoms with E-state index in [2.05, 4.69) is 10.5 Å². The summed E-state index contributed by atoms with van der Waals surface area (Å²) in [5.74, 6) is -1.26. The number of ketones is 1. The number of Topliss-reactive ketones (excluding diaryl/α,β-unsaturated/α-hetero) is 1. The first-order chi connectivity index (χ1) is 13.7. The molecule has 1 heterocycles. The van der Waals surface area contributed by atoms with E-state index in [1.54, 1.807) is 31.2 Å². The number of fused-ring (bicyclic) bond motifs is 1. The maximum absolute atomic E-state index is 12.6. The number of amides is 1. The molecule has 3 rings (SSSR count). The Balaban J connectivity index is 1.75. The lowest BCUT2D eigenvalue weighted by molar-refractivity contribution is -0.135. The molecule has 1 unspecified atom stereocenters. The number of nitrogens with one attached hydrogen (secondary N) is 1. The SMILES string of the molecule is CC1=NOC(C=O)c2ccc(NC(=O)C(=O)CC(C)(C)c3ccccc3Cl)cc21. The van der Waals surface area contributed by atoms with Gasteiger partial charge in [0, 0.05) is 28.3 Å².